The summed E-state index contributed by atoms with van der Waals surface area (Å²) in [6.07, 6.45) is -1.63. The lowest BCUT2D eigenvalue weighted by Gasteiger charge is -2.31. The van der Waals surface area contributed by atoms with Gasteiger partial charge in [0, 0.05) is 19.2 Å². The third kappa shape index (κ3) is 5.50. The number of phenolic OH excluding ortho intramolecular Hbond substituents is 4. The monoisotopic (exact) mass is 554 g/mol. The Morgan fingerprint density at radius 1 is 1.03 bits per heavy atom. The Labute approximate surface area is 218 Å². The lowest BCUT2D eigenvalue weighted by atomic mass is 10.0. The fourth-order valence-corrected chi connectivity index (χ4v) is 4.21. The molecule has 1 aromatic heterocycles. The van der Waals surface area contributed by atoms with Crippen LogP contribution in [0, 0.1) is 0 Å². The molecular weight excluding hydrogens is 528 g/mol. The lowest BCUT2D eigenvalue weighted by Crippen LogP contribution is -2.51. The van der Waals surface area contributed by atoms with Gasteiger partial charge in [0.25, 0.3) is 17.6 Å². The first-order valence-corrected chi connectivity index (χ1v) is 11.5. The molecular formula is C22H26N4O11S. The van der Waals surface area contributed by atoms with Crippen LogP contribution in [0.15, 0.2) is 30.3 Å². The predicted molar refractivity (Wildman–Crippen MR) is 131 cm³/mol. The molecule has 0 radical (unpaired) electrons. The number of anilines is 2. The van der Waals surface area contributed by atoms with E-state index in [0.717, 1.165) is 0 Å². The topological polar surface area (TPSA) is 271 Å². The first kappa shape index (κ1) is 28.7. The van der Waals surface area contributed by atoms with Gasteiger partial charge in [-0.2, -0.15) is 0 Å². The second-order valence-corrected chi connectivity index (χ2v) is 9.02. The molecule has 1 amide bonds. The lowest BCUT2D eigenvalue weighted by molar-refractivity contribution is -0.254. The molecule has 13 N–H and O–H groups in total. The van der Waals surface area contributed by atoms with Crippen LogP contribution in [-0.4, -0.2) is 76.4 Å². The average molecular weight is 555 g/mol. The minimum absolute atomic E-state index is 0.299. The van der Waals surface area contributed by atoms with E-state index >= 15 is 0 Å². The molecule has 0 aliphatic carbocycles. The van der Waals surface area contributed by atoms with Crippen molar-refractivity contribution < 1.29 is 55.5 Å². The molecule has 38 heavy (non-hydrogen) atoms. The van der Waals surface area contributed by atoms with Crippen molar-refractivity contribution in [2.45, 2.75) is 24.2 Å². The summed E-state index contributed by atoms with van der Waals surface area (Å²) >= 11 is 0.438. The number of nitrogen functional groups attached to an aromatic ring is 1. The van der Waals surface area contributed by atoms with E-state index < -0.39 is 75.1 Å². The molecule has 1 unspecified atom stereocenters. The molecule has 0 saturated carbocycles. The van der Waals surface area contributed by atoms with Crippen molar-refractivity contribution in [3.63, 3.8) is 0 Å². The van der Waals surface area contributed by atoms with Gasteiger partial charge in [-0.15, -0.1) is 0 Å². The summed E-state index contributed by atoms with van der Waals surface area (Å²) in [4.78, 5) is 15.9. The first-order chi connectivity index (χ1) is 17.7. The number of carbonyl (C=O) groups is 1. The number of aliphatic hydroxyl groups is 4. The molecule has 206 valence electrons. The van der Waals surface area contributed by atoms with Crippen LogP contribution in [0.1, 0.15) is 22.9 Å². The Bertz CT molecular complexity index is 1290. The van der Waals surface area contributed by atoms with E-state index in [4.69, 9.17) is 10.5 Å². The van der Waals surface area contributed by atoms with E-state index in [1.807, 2.05) is 0 Å². The second kappa shape index (κ2) is 10.8. The number of hydrogen-bond acceptors (Lipinski definition) is 15. The SMILES string of the molecule is COC(c1ccccc1)C(O)(O)NCCc1c(O)c(O)c(NC(=O)C(O)(O)c2nc(N)sc2O)c(O)c1O. The third-order valence-corrected chi connectivity index (χ3v) is 6.16. The van der Waals surface area contributed by atoms with Crippen molar-refractivity contribution in [3.05, 3.63) is 47.2 Å². The number of thiazole rings is 1. The molecule has 0 bridgehead atoms. The number of phenols is 4. The minimum Gasteiger partial charge on any atom is -0.504 e. The summed E-state index contributed by atoms with van der Waals surface area (Å²) in [6, 6.07) is 8.22. The van der Waals surface area contributed by atoms with Gasteiger partial charge < -0.3 is 61.7 Å². The number of aromatic nitrogens is 1. The number of hydrogen-bond donors (Lipinski definition) is 12. The van der Waals surface area contributed by atoms with E-state index in [9.17, 15) is 50.8 Å². The van der Waals surface area contributed by atoms with Crippen LogP contribution in [0.3, 0.4) is 0 Å². The highest BCUT2D eigenvalue weighted by Crippen LogP contribution is 2.50. The van der Waals surface area contributed by atoms with E-state index in [1.54, 1.807) is 35.6 Å². The van der Waals surface area contributed by atoms with Crippen molar-refractivity contribution in [2.75, 3.05) is 24.7 Å². The number of benzene rings is 2. The summed E-state index contributed by atoms with van der Waals surface area (Å²) in [5.41, 5.74) is 3.38. The number of ether oxygens (including phenoxy) is 1. The summed E-state index contributed by atoms with van der Waals surface area (Å²) < 4.78 is 5.16. The number of amides is 1. The molecule has 0 aliphatic heterocycles. The Hall–Kier alpha value is -3.90. The number of carbonyl (C=O) groups excluding carboxylic acids is 1. The van der Waals surface area contributed by atoms with Crippen LogP contribution in [0.25, 0.3) is 0 Å². The molecule has 1 atom stereocenters. The van der Waals surface area contributed by atoms with E-state index in [1.165, 1.54) is 7.11 Å². The van der Waals surface area contributed by atoms with Gasteiger partial charge >= 0.3 is 0 Å². The van der Waals surface area contributed by atoms with Crippen LogP contribution in [0.2, 0.25) is 0 Å². The second-order valence-electron chi connectivity index (χ2n) is 8.01. The number of methoxy groups -OCH3 is 1. The van der Waals surface area contributed by atoms with Gasteiger partial charge in [-0.05, 0) is 12.0 Å². The summed E-state index contributed by atoms with van der Waals surface area (Å²) in [6.45, 7) is -0.341. The number of nitrogens with two attached hydrogens (primary N) is 1. The van der Waals surface area contributed by atoms with Gasteiger partial charge in [0.05, 0.1) is 0 Å². The van der Waals surface area contributed by atoms with Crippen molar-refractivity contribution in [1.29, 1.82) is 0 Å². The van der Waals surface area contributed by atoms with Crippen LogP contribution in [0.5, 0.6) is 28.1 Å². The highest BCUT2D eigenvalue weighted by Gasteiger charge is 2.42. The molecule has 0 fully saturated rings. The van der Waals surface area contributed by atoms with Crippen molar-refractivity contribution in [1.82, 2.24) is 10.3 Å². The standard InChI is InChI=1S/C22H26N4O11S/c1-37-17(9-5-3-2-4-6-9)22(35,36)24-8-7-10-12(27)14(29)11(15(30)13(10)28)25-19(32)21(33,34)16-18(31)38-20(23)26-16/h2-6,17,24,27-31,33-36H,7-8H2,1H3,(H2,23,26)(H,25,32). The third-order valence-electron chi connectivity index (χ3n) is 5.47. The van der Waals surface area contributed by atoms with E-state index in [0.29, 0.717) is 16.9 Å². The summed E-state index contributed by atoms with van der Waals surface area (Å²) in [5, 5.41) is 95.4. The summed E-state index contributed by atoms with van der Waals surface area (Å²) in [5.74, 6) is -12.2. The molecule has 0 aliphatic rings. The van der Waals surface area contributed by atoms with E-state index in [2.05, 4.69) is 10.3 Å². The molecule has 15 nitrogen and oxygen atoms in total. The normalized spacial score (nSPS) is 12.9. The van der Waals surface area contributed by atoms with Gasteiger partial charge in [0.1, 0.15) is 5.69 Å². The molecule has 2 aromatic carbocycles. The maximum absolute atomic E-state index is 12.4. The van der Waals surface area contributed by atoms with Gasteiger partial charge in [-0.25, -0.2) is 4.98 Å². The Morgan fingerprint density at radius 2 is 1.61 bits per heavy atom. The van der Waals surface area contributed by atoms with Crippen LogP contribution >= 0.6 is 11.3 Å². The minimum atomic E-state index is -3.49. The Morgan fingerprint density at radius 3 is 2.11 bits per heavy atom. The van der Waals surface area contributed by atoms with Gasteiger partial charge in [0.2, 0.25) is 5.06 Å². The van der Waals surface area contributed by atoms with Crippen LogP contribution < -0.4 is 16.4 Å². The first-order valence-electron chi connectivity index (χ1n) is 10.7. The van der Waals surface area contributed by atoms with Crippen molar-refractivity contribution in [2.24, 2.45) is 0 Å². The molecule has 0 spiro atoms. The number of aromatic hydroxyl groups is 5. The number of nitrogens with zero attached hydrogens (tertiary/aromatic N) is 1. The quantitative estimate of drug-likeness (QED) is 0.0830. The van der Waals surface area contributed by atoms with Gasteiger partial charge in [-0.3, -0.25) is 10.1 Å². The maximum Gasteiger partial charge on any atom is 0.294 e. The number of rotatable bonds is 10. The zero-order valence-corrected chi connectivity index (χ0v) is 20.5. The Kier molecular flexibility index (Phi) is 8.18. The van der Waals surface area contributed by atoms with Crippen LogP contribution in [-0.2, 0) is 21.7 Å². The van der Waals surface area contributed by atoms with Gasteiger partial charge in [0.15, 0.2) is 39.9 Å². The van der Waals surface area contributed by atoms with Crippen molar-refractivity contribution in [3.8, 4) is 28.1 Å². The van der Waals surface area contributed by atoms with Gasteiger partial charge in [-0.1, -0.05) is 41.7 Å². The smallest absolute Gasteiger partial charge is 0.294 e. The average Bonchev–Trinajstić information content (AvgIpc) is 3.22. The molecule has 16 heteroatoms. The fourth-order valence-electron chi connectivity index (χ4n) is 3.59. The number of nitrogens with one attached hydrogen (secondary N) is 2. The van der Waals surface area contributed by atoms with Crippen LogP contribution in [0.4, 0.5) is 10.8 Å². The van der Waals surface area contributed by atoms with Crippen molar-refractivity contribution >= 4 is 28.1 Å². The largest absolute Gasteiger partial charge is 0.504 e. The maximum atomic E-state index is 12.4. The molecule has 0 saturated heterocycles. The highest BCUT2D eigenvalue weighted by molar-refractivity contribution is 7.17. The summed E-state index contributed by atoms with van der Waals surface area (Å²) in [7, 11) is 1.25. The molecule has 3 aromatic rings. The highest BCUT2D eigenvalue weighted by atomic mass is 32.1. The van der Waals surface area contributed by atoms with E-state index in [-0.39, 0.29) is 11.7 Å². The fraction of sp³-hybridized carbons (Fsp3) is 0.273. The zero-order valence-electron chi connectivity index (χ0n) is 19.7. The predicted octanol–water partition coefficient (Wildman–Crippen LogP) is -0.812. The molecule has 3 rings (SSSR count). The molecule has 1 heterocycles. The Balaban J connectivity index is 1.79. The zero-order chi connectivity index (χ0) is 28.4.